The van der Waals surface area contributed by atoms with Crippen molar-refractivity contribution in [3.05, 3.63) is 35.4 Å². The topological polar surface area (TPSA) is 46.5 Å². The van der Waals surface area contributed by atoms with Gasteiger partial charge in [-0.1, -0.05) is 43.5 Å². The molecule has 0 radical (unpaired) electrons. The molecule has 1 saturated heterocycles. The van der Waals surface area contributed by atoms with E-state index in [-0.39, 0.29) is 0 Å². The minimum Gasteiger partial charge on any atom is -0.481 e. The minimum absolute atomic E-state index is 0.483. The number of carboxylic acid groups (broad SMARTS) is 1. The highest BCUT2D eigenvalue weighted by atomic mass is 16.5. The van der Waals surface area contributed by atoms with Crippen LogP contribution in [0.4, 0.5) is 0 Å². The predicted octanol–water partition coefficient (Wildman–Crippen LogP) is 3.48. The summed E-state index contributed by atoms with van der Waals surface area (Å²) in [7, 11) is 0. The molecule has 3 rings (SSSR count). The Morgan fingerprint density at radius 2 is 1.85 bits per heavy atom. The van der Waals surface area contributed by atoms with Crippen molar-refractivity contribution in [2.45, 2.75) is 49.9 Å². The molecule has 20 heavy (non-hydrogen) atoms. The van der Waals surface area contributed by atoms with E-state index < -0.39 is 11.4 Å². The second kappa shape index (κ2) is 5.57. The maximum Gasteiger partial charge on any atom is 0.314 e. The molecule has 1 aliphatic carbocycles. The van der Waals surface area contributed by atoms with E-state index in [2.05, 4.69) is 12.1 Å². The number of ether oxygens (including phenoxy) is 1. The summed E-state index contributed by atoms with van der Waals surface area (Å²) in [6.07, 6.45) is 5.81. The zero-order valence-electron chi connectivity index (χ0n) is 11.8. The number of hydrogen-bond donors (Lipinski definition) is 1. The molecule has 1 N–H and O–H groups in total. The third-order valence-corrected chi connectivity index (χ3v) is 4.98. The largest absolute Gasteiger partial charge is 0.481 e. The molecule has 2 fully saturated rings. The highest BCUT2D eigenvalue weighted by molar-refractivity contribution is 5.81. The van der Waals surface area contributed by atoms with Crippen LogP contribution in [0.1, 0.15) is 55.6 Å². The van der Waals surface area contributed by atoms with Crippen LogP contribution >= 0.6 is 0 Å². The van der Waals surface area contributed by atoms with Crippen molar-refractivity contribution in [3.8, 4) is 0 Å². The predicted molar refractivity (Wildman–Crippen MR) is 77.0 cm³/mol. The summed E-state index contributed by atoms with van der Waals surface area (Å²) in [5.74, 6) is -0.176. The van der Waals surface area contributed by atoms with E-state index in [0.29, 0.717) is 5.92 Å². The van der Waals surface area contributed by atoms with Gasteiger partial charge in [0.1, 0.15) is 0 Å². The monoisotopic (exact) mass is 274 g/mol. The molecule has 0 bridgehead atoms. The van der Waals surface area contributed by atoms with Gasteiger partial charge in [-0.15, -0.1) is 0 Å². The van der Waals surface area contributed by atoms with E-state index in [4.69, 9.17) is 4.74 Å². The van der Waals surface area contributed by atoms with Crippen molar-refractivity contribution in [1.82, 2.24) is 0 Å². The van der Waals surface area contributed by atoms with Crippen LogP contribution in [0.2, 0.25) is 0 Å². The first-order valence-electron chi connectivity index (χ1n) is 7.64. The van der Waals surface area contributed by atoms with Crippen LogP contribution in [0.3, 0.4) is 0 Å². The fourth-order valence-electron chi connectivity index (χ4n) is 3.65. The van der Waals surface area contributed by atoms with Gasteiger partial charge in [-0.3, -0.25) is 4.79 Å². The molecule has 1 aromatic carbocycles. The molecule has 3 heteroatoms. The van der Waals surface area contributed by atoms with Crippen LogP contribution in [0.25, 0.3) is 0 Å². The molecule has 0 aromatic heterocycles. The molecular weight excluding hydrogens is 252 g/mol. The van der Waals surface area contributed by atoms with Gasteiger partial charge in [-0.2, -0.15) is 0 Å². The average molecular weight is 274 g/mol. The Balaban J connectivity index is 1.86. The summed E-state index contributed by atoms with van der Waals surface area (Å²) < 4.78 is 5.42. The molecule has 1 aliphatic heterocycles. The van der Waals surface area contributed by atoms with Crippen LogP contribution in [-0.4, -0.2) is 24.3 Å². The maximum absolute atomic E-state index is 11.8. The fourth-order valence-corrected chi connectivity index (χ4v) is 3.65. The van der Waals surface area contributed by atoms with Gasteiger partial charge in [0.05, 0.1) is 12.0 Å². The van der Waals surface area contributed by atoms with Crippen LogP contribution < -0.4 is 0 Å². The summed E-state index contributed by atoms with van der Waals surface area (Å²) in [5, 5.41) is 9.70. The van der Waals surface area contributed by atoms with Crippen LogP contribution in [0.15, 0.2) is 24.3 Å². The maximum atomic E-state index is 11.8. The molecule has 1 saturated carbocycles. The van der Waals surface area contributed by atoms with Crippen molar-refractivity contribution in [3.63, 3.8) is 0 Å². The lowest BCUT2D eigenvalue weighted by atomic mass is 9.69. The quantitative estimate of drug-likeness (QED) is 0.918. The molecule has 1 unspecified atom stereocenters. The Bertz CT molecular complexity index is 466. The van der Waals surface area contributed by atoms with E-state index in [1.165, 1.54) is 5.56 Å². The van der Waals surface area contributed by atoms with Crippen LogP contribution in [0.5, 0.6) is 0 Å². The van der Waals surface area contributed by atoms with Gasteiger partial charge >= 0.3 is 5.97 Å². The Labute approximate surface area is 120 Å². The summed E-state index contributed by atoms with van der Waals surface area (Å²) in [5.41, 5.74) is 1.61. The van der Waals surface area contributed by atoms with Gasteiger partial charge < -0.3 is 9.84 Å². The fraction of sp³-hybridized carbons (Fsp3) is 0.588. The SMILES string of the molecule is O=C(O)C1(c2ccc(C3CCOC3)cc2)CCCCC1. The Hall–Kier alpha value is -1.35. The average Bonchev–Trinajstić information content (AvgIpc) is 3.02. The van der Waals surface area contributed by atoms with E-state index in [1.807, 2.05) is 12.1 Å². The number of benzene rings is 1. The van der Waals surface area contributed by atoms with Gasteiger partial charge in [0.25, 0.3) is 0 Å². The van der Waals surface area contributed by atoms with E-state index in [1.54, 1.807) is 0 Å². The molecule has 1 heterocycles. The third-order valence-electron chi connectivity index (χ3n) is 4.98. The van der Waals surface area contributed by atoms with Gasteiger partial charge in [0, 0.05) is 12.5 Å². The zero-order chi connectivity index (χ0) is 14.0. The summed E-state index contributed by atoms with van der Waals surface area (Å²) in [4.78, 5) is 11.8. The van der Waals surface area contributed by atoms with E-state index >= 15 is 0 Å². The Kier molecular flexibility index (Phi) is 3.79. The lowest BCUT2D eigenvalue weighted by molar-refractivity contribution is -0.145. The van der Waals surface area contributed by atoms with Gasteiger partial charge in [0.15, 0.2) is 0 Å². The van der Waals surface area contributed by atoms with Crippen molar-refractivity contribution in [2.24, 2.45) is 0 Å². The lowest BCUT2D eigenvalue weighted by Crippen LogP contribution is -2.37. The third kappa shape index (κ3) is 2.35. The molecule has 0 amide bonds. The minimum atomic E-state index is -0.658. The Morgan fingerprint density at radius 3 is 2.40 bits per heavy atom. The zero-order valence-corrected chi connectivity index (χ0v) is 11.8. The number of carbonyl (C=O) groups is 1. The van der Waals surface area contributed by atoms with Crippen molar-refractivity contribution in [1.29, 1.82) is 0 Å². The number of rotatable bonds is 3. The standard InChI is InChI=1S/C17H22O3/c18-16(19)17(9-2-1-3-10-17)15-6-4-13(5-7-15)14-8-11-20-12-14/h4-7,14H,1-3,8-12H2,(H,18,19). The molecule has 0 spiro atoms. The second-order valence-corrected chi connectivity index (χ2v) is 6.13. The highest BCUT2D eigenvalue weighted by Crippen LogP contribution is 2.40. The number of hydrogen-bond acceptors (Lipinski definition) is 2. The smallest absolute Gasteiger partial charge is 0.314 e. The second-order valence-electron chi connectivity index (χ2n) is 6.13. The van der Waals surface area contributed by atoms with Crippen LogP contribution in [-0.2, 0) is 14.9 Å². The summed E-state index contributed by atoms with van der Waals surface area (Å²) >= 11 is 0. The van der Waals surface area contributed by atoms with Crippen LogP contribution in [0, 0.1) is 0 Å². The lowest BCUT2D eigenvalue weighted by Gasteiger charge is -2.33. The van der Waals surface area contributed by atoms with Crippen molar-refractivity contribution >= 4 is 5.97 Å². The normalized spacial score (nSPS) is 25.5. The molecular formula is C17H22O3. The summed E-state index contributed by atoms with van der Waals surface area (Å²) in [6, 6.07) is 8.28. The van der Waals surface area contributed by atoms with Gasteiger partial charge in [-0.25, -0.2) is 0 Å². The first kappa shape index (κ1) is 13.6. The molecule has 1 atom stereocenters. The molecule has 2 aliphatic rings. The molecule has 3 nitrogen and oxygen atoms in total. The van der Waals surface area contributed by atoms with E-state index in [0.717, 1.165) is 57.3 Å². The highest BCUT2D eigenvalue weighted by Gasteiger charge is 2.41. The molecule has 1 aromatic rings. The Morgan fingerprint density at radius 1 is 1.15 bits per heavy atom. The number of carboxylic acids is 1. The van der Waals surface area contributed by atoms with Gasteiger partial charge in [-0.05, 0) is 30.4 Å². The van der Waals surface area contributed by atoms with Gasteiger partial charge in [0.2, 0.25) is 0 Å². The number of aliphatic carboxylic acids is 1. The van der Waals surface area contributed by atoms with E-state index in [9.17, 15) is 9.90 Å². The first-order chi connectivity index (χ1) is 9.72. The van der Waals surface area contributed by atoms with Crippen molar-refractivity contribution < 1.29 is 14.6 Å². The van der Waals surface area contributed by atoms with Crippen molar-refractivity contribution in [2.75, 3.05) is 13.2 Å². The first-order valence-corrected chi connectivity index (χ1v) is 7.64. The summed E-state index contributed by atoms with van der Waals surface area (Å²) in [6.45, 7) is 1.63. The molecule has 108 valence electrons.